The molecule has 1 fully saturated rings. The van der Waals surface area contributed by atoms with Crippen molar-refractivity contribution in [1.82, 2.24) is 4.90 Å². The van der Waals surface area contributed by atoms with Gasteiger partial charge in [0.1, 0.15) is 0 Å². The van der Waals surface area contributed by atoms with Crippen molar-refractivity contribution in [3.05, 3.63) is 29.8 Å². The number of sulfone groups is 1. The Morgan fingerprint density at radius 3 is 2.89 bits per heavy atom. The van der Waals surface area contributed by atoms with Crippen LogP contribution in [-0.2, 0) is 16.3 Å². The van der Waals surface area contributed by atoms with Crippen molar-refractivity contribution in [2.24, 2.45) is 0 Å². The second-order valence-corrected chi connectivity index (χ2v) is 7.74. The standard InChI is InChI=1S/C14H20N2O2S/c17-19(18)8-3-6-16(7-9-19)13-10-12-4-1-2-5-14(12)15-11-13/h1-2,4-5,13,15H,3,6-11H2. The molecule has 4 nitrogen and oxygen atoms in total. The lowest BCUT2D eigenvalue weighted by Gasteiger charge is -2.34. The number of nitrogens with zero attached hydrogens (tertiary/aromatic N) is 1. The van der Waals surface area contributed by atoms with Gasteiger partial charge in [0.2, 0.25) is 0 Å². The molecule has 0 bridgehead atoms. The topological polar surface area (TPSA) is 49.4 Å². The molecule has 0 amide bonds. The van der Waals surface area contributed by atoms with E-state index < -0.39 is 9.84 Å². The molecule has 0 aromatic heterocycles. The van der Waals surface area contributed by atoms with Gasteiger partial charge >= 0.3 is 0 Å². The summed E-state index contributed by atoms with van der Waals surface area (Å²) in [6.45, 7) is 2.49. The SMILES string of the molecule is O=S1(=O)CCCN(C2CNc3ccccc3C2)CC1. The van der Waals surface area contributed by atoms with E-state index in [1.165, 1.54) is 11.3 Å². The van der Waals surface area contributed by atoms with Gasteiger partial charge in [0.15, 0.2) is 9.84 Å². The van der Waals surface area contributed by atoms with E-state index in [0.29, 0.717) is 24.1 Å². The normalized spacial score (nSPS) is 27.1. The molecule has 0 radical (unpaired) electrons. The first-order valence-corrected chi connectivity index (χ1v) is 8.72. The monoisotopic (exact) mass is 280 g/mol. The number of rotatable bonds is 1. The van der Waals surface area contributed by atoms with E-state index in [9.17, 15) is 8.42 Å². The maximum absolute atomic E-state index is 11.7. The summed E-state index contributed by atoms with van der Waals surface area (Å²) in [6.07, 6.45) is 1.78. The molecule has 1 atom stereocenters. The molecule has 0 aliphatic carbocycles. The van der Waals surface area contributed by atoms with Crippen molar-refractivity contribution < 1.29 is 8.42 Å². The molecule has 1 N–H and O–H groups in total. The van der Waals surface area contributed by atoms with Crippen LogP contribution in [0.3, 0.4) is 0 Å². The van der Waals surface area contributed by atoms with Crippen LogP contribution in [0.15, 0.2) is 24.3 Å². The van der Waals surface area contributed by atoms with E-state index in [0.717, 1.165) is 25.9 Å². The minimum Gasteiger partial charge on any atom is -0.383 e. The van der Waals surface area contributed by atoms with Crippen LogP contribution in [0.4, 0.5) is 5.69 Å². The summed E-state index contributed by atoms with van der Waals surface area (Å²) in [7, 11) is -2.81. The van der Waals surface area contributed by atoms with Gasteiger partial charge in [-0.25, -0.2) is 8.42 Å². The Hall–Kier alpha value is -1.07. The first-order valence-electron chi connectivity index (χ1n) is 6.90. The minimum atomic E-state index is -2.81. The van der Waals surface area contributed by atoms with E-state index in [1.807, 2.05) is 6.07 Å². The van der Waals surface area contributed by atoms with Crippen molar-refractivity contribution in [2.45, 2.75) is 18.9 Å². The summed E-state index contributed by atoms with van der Waals surface area (Å²) in [6, 6.07) is 8.80. The Labute approximate surface area is 114 Å². The number of benzene rings is 1. The van der Waals surface area contributed by atoms with E-state index >= 15 is 0 Å². The number of anilines is 1. The molecule has 3 rings (SSSR count). The Morgan fingerprint density at radius 1 is 1.16 bits per heavy atom. The molecule has 1 aromatic rings. The van der Waals surface area contributed by atoms with E-state index in [4.69, 9.17) is 0 Å². The van der Waals surface area contributed by atoms with Crippen LogP contribution in [0.2, 0.25) is 0 Å². The Kier molecular flexibility index (Phi) is 3.50. The van der Waals surface area contributed by atoms with E-state index in [-0.39, 0.29) is 0 Å². The maximum atomic E-state index is 11.7. The number of hydrogen-bond donors (Lipinski definition) is 1. The van der Waals surface area contributed by atoms with Crippen molar-refractivity contribution in [3.8, 4) is 0 Å². The second-order valence-electron chi connectivity index (χ2n) is 5.44. The van der Waals surface area contributed by atoms with Crippen LogP contribution in [0.25, 0.3) is 0 Å². The van der Waals surface area contributed by atoms with Crippen molar-refractivity contribution in [1.29, 1.82) is 0 Å². The summed E-state index contributed by atoms with van der Waals surface area (Å²) < 4.78 is 23.3. The quantitative estimate of drug-likeness (QED) is 0.838. The van der Waals surface area contributed by atoms with Gasteiger partial charge in [-0.2, -0.15) is 0 Å². The predicted molar refractivity (Wildman–Crippen MR) is 77.3 cm³/mol. The molecule has 104 valence electrons. The van der Waals surface area contributed by atoms with Crippen LogP contribution in [0, 0.1) is 0 Å². The Morgan fingerprint density at radius 2 is 2.00 bits per heavy atom. The first-order chi connectivity index (χ1) is 9.14. The summed E-state index contributed by atoms with van der Waals surface area (Å²) in [5.41, 5.74) is 2.56. The van der Waals surface area contributed by atoms with Crippen LogP contribution in [0.5, 0.6) is 0 Å². The molecular formula is C14H20N2O2S. The third kappa shape index (κ3) is 2.92. The molecule has 2 aliphatic rings. The largest absolute Gasteiger partial charge is 0.383 e. The fraction of sp³-hybridized carbons (Fsp3) is 0.571. The molecule has 2 heterocycles. The van der Waals surface area contributed by atoms with Crippen LogP contribution < -0.4 is 5.32 Å². The number of fused-ring (bicyclic) bond motifs is 1. The molecule has 1 unspecified atom stereocenters. The lowest BCUT2D eigenvalue weighted by atomic mass is 9.98. The van der Waals surface area contributed by atoms with Gasteiger partial charge in [-0.1, -0.05) is 18.2 Å². The Balaban J connectivity index is 1.71. The zero-order valence-corrected chi connectivity index (χ0v) is 11.8. The van der Waals surface area contributed by atoms with Gasteiger partial charge in [-0.15, -0.1) is 0 Å². The van der Waals surface area contributed by atoms with Crippen LogP contribution >= 0.6 is 0 Å². The van der Waals surface area contributed by atoms with E-state index in [1.54, 1.807) is 0 Å². The summed E-state index contributed by atoms with van der Waals surface area (Å²) in [5.74, 6) is 0.658. The highest BCUT2D eigenvalue weighted by atomic mass is 32.2. The molecule has 5 heteroatoms. The Bertz CT molecular complexity index is 556. The third-order valence-corrected chi connectivity index (χ3v) is 5.82. The molecule has 1 aromatic carbocycles. The summed E-state index contributed by atoms with van der Waals surface area (Å²) >= 11 is 0. The van der Waals surface area contributed by atoms with Crippen molar-refractivity contribution >= 4 is 15.5 Å². The predicted octanol–water partition coefficient (Wildman–Crippen LogP) is 1.14. The second kappa shape index (κ2) is 5.13. The van der Waals surface area contributed by atoms with Gasteiger partial charge in [0.25, 0.3) is 0 Å². The molecule has 0 saturated carbocycles. The van der Waals surface area contributed by atoms with Gasteiger partial charge in [-0.05, 0) is 31.0 Å². The summed E-state index contributed by atoms with van der Waals surface area (Å²) in [5, 5.41) is 3.46. The third-order valence-electron chi connectivity index (χ3n) is 4.11. The van der Waals surface area contributed by atoms with Crippen LogP contribution in [-0.4, -0.2) is 50.5 Å². The maximum Gasteiger partial charge on any atom is 0.151 e. The summed E-state index contributed by atoms with van der Waals surface area (Å²) in [4.78, 5) is 2.34. The van der Waals surface area contributed by atoms with Gasteiger partial charge in [-0.3, -0.25) is 4.90 Å². The fourth-order valence-corrected chi connectivity index (χ4v) is 4.29. The zero-order valence-electron chi connectivity index (χ0n) is 11.0. The zero-order chi connectivity index (χ0) is 13.3. The van der Waals surface area contributed by atoms with Gasteiger partial charge in [0.05, 0.1) is 11.5 Å². The highest BCUT2D eigenvalue weighted by Gasteiger charge is 2.27. The molecule has 2 aliphatic heterocycles. The minimum absolute atomic E-state index is 0.311. The van der Waals surface area contributed by atoms with E-state index in [2.05, 4.69) is 28.4 Å². The number of para-hydroxylation sites is 1. The van der Waals surface area contributed by atoms with Crippen molar-refractivity contribution in [2.75, 3.05) is 36.5 Å². The molecule has 0 spiro atoms. The van der Waals surface area contributed by atoms with Crippen LogP contribution in [0.1, 0.15) is 12.0 Å². The average Bonchev–Trinajstić information content (AvgIpc) is 2.59. The lowest BCUT2D eigenvalue weighted by Crippen LogP contribution is -2.45. The lowest BCUT2D eigenvalue weighted by molar-refractivity contribution is 0.215. The molecule has 19 heavy (non-hydrogen) atoms. The number of hydrogen-bond acceptors (Lipinski definition) is 4. The smallest absolute Gasteiger partial charge is 0.151 e. The van der Waals surface area contributed by atoms with Gasteiger partial charge in [0, 0.05) is 24.8 Å². The fourth-order valence-electron chi connectivity index (χ4n) is 3.01. The molecule has 1 saturated heterocycles. The average molecular weight is 280 g/mol. The van der Waals surface area contributed by atoms with Gasteiger partial charge < -0.3 is 5.32 Å². The highest BCUT2D eigenvalue weighted by molar-refractivity contribution is 7.91. The first kappa shape index (κ1) is 12.9. The number of nitrogens with one attached hydrogen (secondary N) is 1. The van der Waals surface area contributed by atoms with Crippen molar-refractivity contribution in [3.63, 3.8) is 0 Å². The highest BCUT2D eigenvalue weighted by Crippen LogP contribution is 2.24. The molecular weight excluding hydrogens is 260 g/mol.